The number of hydrogen-bond acceptors (Lipinski definition) is 10. The van der Waals surface area contributed by atoms with Crippen molar-refractivity contribution in [3.8, 4) is 0 Å². The number of carbonyl (C=O) groups is 2. The molecule has 0 bridgehead atoms. The second kappa shape index (κ2) is 7.43. The van der Waals surface area contributed by atoms with Gasteiger partial charge in [0.15, 0.2) is 5.78 Å². The van der Waals surface area contributed by atoms with Crippen molar-refractivity contribution < 1.29 is 32.0 Å². The number of benzene rings is 1. The molecule has 1 aromatic rings. The van der Waals surface area contributed by atoms with E-state index in [1.165, 1.54) is 13.2 Å². The van der Waals surface area contributed by atoms with E-state index in [1.807, 2.05) is 0 Å². The number of esters is 1. The number of rotatable bonds is 7. The standard InChI is InChI=1S/C13H20N4O7S/c1-6(18)13(17-16,25(20,21)22)10-8(14)5-4-7(12(19)24-3)9(10)11(15)23-2/h4-5,11,17H,14-16H2,1-3H3,(H,20,21,22). The van der Waals surface area contributed by atoms with E-state index in [-0.39, 0.29) is 16.8 Å². The Balaban J connectivity index is 4.15. The van der Waals surface area contributed by atoms with Crippen LogP contribution in [0.3, 0.4) is 0 Å². The first-order valence-corrected chi connectivity index (χ1v) is 8.18. The van der Waals surface area contributed by atoms with Gasteiger partial charge in [-0.1, -0.05) is 0 Å². The van der Waals surface area contributed by atoms with Crippen LogP contribution in [0.5, 0.6) is 0 Å². The van der Waals surface area contributed by atoms with Crippen molar-refractivity contribution in [1.29, 1.82) is 0 Å². The van der Waals surface area contributed by atoms with Crippen molar-refractivity contribution in [2.75, 3.05) is 20.0 Å². The van der Waals surface area contributed by atoms with Gasteiger partial charge in [-0.2, -0.15) is 8.42 Å². The molecule has 1 rings (SSSR count). The van der Waals surface area contributed by atoms with E-state index < -0.39 is 38.5 Å². The van der Waals surface area contributed by atoms with E-state index in [9.17, 15) is 22.6 Å². The van der Waals surface area contributed by atoms with Gasteiger partial charge in [0.05, 0.1) is 12.7 Å². The third-order valence-corrected chi connectivity index (χ3v) is 5.04. The van der Waals surface area contributed by atoms with Crippen LogP contribution in [0, 0.1) is 0 Å². The summed E-state index contributed by atoms with van der Waals surface area (Å²) in [4.78, 5) is 21.3. The van der Waals surface area contributed by atoms with Crippen LogP contribution in [0.25, 0.3) is 0 Å². The predicted octanol–water partition coefficient (Wildman–Crippen LogP) is -1.25. The molecule has 2 atom stereocenters. The van der Waals surface area contributed by atoms with Gasteiger partial charge in [0.1, 0.15) is 6.23 Å². The zero-order valence-corrected chi connectivity index (χ0v) is 14.6. The van der Waals surface area contributed by atoms with Crippen molar-refractivity contribution in [2.24, 2.45) is 11.6 Å². The summed E-state index contributed by atoms with van der Waals surface area (Å²) in [7, 11) is -2.93. The van der Waals surface area contributed by atoms with Crippen molar-refractivity contribution in [3.05, 3.63) is 28.8 Å². The highest BCUT2D eigenvalue weighted by atomic mass is 32.2. The van der Waals surface area contributed by atoms with Crippen LogP contribution in [0.4, 0.5) is 5.69 Å². The average molecular weight is 376 g/mol. The Morgan fingerprint density at radius 2 is 1.88 bits per heavy atom. The third kappa shape index (κ3) is 3.35. The van der Waals surface area contributed by atoms with Gasteiger partial charge in [-0.25, -0.2) is 10.2 Å². The fourth-order valence-electron chi connectivity index (χ4n) is 2.47. The molecule has 140 valence electrons. The number of Topliss-reactive ketones (excluding diaryl/α,β-unsaturated/α-hetero) is 1. The average Bonchev–Trinajstić information content (AvgIpc) is 2.53. The number of hydrazine groups is 1. The van der Waals surface area contributed by atoms with Gasteiger partial charge < -0.3 is 20.9 Å². The molecule has 0 spiro atoms. The minimum absolute atomic E-state index is 0.217. The molecule has 0 aliphatic carbocycles. The van der Waals surface area contributed by atoms with E-state index in [1.54, 1.807) is 5.43 Å². The van der Waals surface area contributed by atoms with E-state index in [2.05, 4.69) is 4.74 Å². The first kappa shape index (κ1) is 21.0. The molecule has 12 heteroatoms. The molecule has 0 heterocycles. The van der Waals surface area contributed by atoms with Gasteiger partial charge in [-0.15, -0.1) is 0 Å². The maximum absolute atomic E-state index is 12.2. The molecule has 0 fully saturated rings. The lowest BCUT2D eigenvalue weighted by atomic mass is 9.90. The smallest absolute Gasteiger partial charge is 0.338 e. The number of carbonyl (C=O) groups excluding carboxylic acids is 2. The molecule has 0 aliphatic heterocycles. The lowest BCUT2D eigenvalue weighted by Gasteiger charge is -2.32. The number of nitrogens with two attached hydrogens (primary N) is 3. The number of nitrogen functional groups attached to an aromatic ring is 1. The second-order valence-corrected chi connectivity index (χ2v) is 6.56. The van der Waals surface area contributed by atoms with E-state index in [0.717, 1.165) is 20.1 Å². The minimum Gasteiger partial charge on any atom is -0.465 e. The highest BCUT2D eigenvalue weighted by Gasteiger charge is 2.52. The normalized spacial score (nSPS) is 15.3. The van der Waals surface area contributed by atoms with Crippen LogP contribution in [0.2, 0.25) is 0 Å². The van der Waals surface area contributed by atoms with Gasteiger partial charge in [0.2, 0.25) is 4.87 Å². The van der Waals surface area contributed by atoms with Crippen molar-refractivity contribution >= 4 is 27.6 Å². The Morgan fingerprint density at radius 3 is 2.24 bits per heavy atom. The number of ether oxygens (including phenoxy) is 2. The van der Waals surface area contributed by atoms with E-state index >= 15 is 0 Å². The number of nitrogens with one attached hydrogen (secondary N) is 1. The lowest BCUT2D eigenvalue weighted by molar-refractivity contribution is -0.120. The third-order valence-electron chi connectivity index (χ3n) is 3.66. The molecule has 11 nitrogen and oxygen atoms in total. The summed E-state index contributed by atoms with van der Waals surface area (Å²) in [6.45, 7) is 0.861. The number of anilines is 1. The van der Waals surface area contributed by atoms with Crippen LogP contribution in [-0.4, -0.2) is 38.9 Å². The summed E-state index contributed by atoms with van der Waals surface area (Å²) in [5.41, 5.74) is 12.1. The Labute approximate surface area is 144 Å². The number of ketones is 1. The van der Waals surface area contributed by atoms with Gasteiger partial charge in [-0.05, 0) is 19.1 Å². The molecule has 0 aromatic heterocycles. The maximum Gasteiger partial charge on any atom is 0.338 e. The molecule has 1 aromatic carbocycles. The van der Waals surface area contributed by atoms with Crippen LogP contribution in [-0.2, 0) is 29.3 Å². The Morgan fingerprint density at radius 1 is 1.32 bits per heavy atom. The fourth-order valence-corrected chi connectivity index (χ4v) is 3.46. The fraction of sp³-hybridized carbons (Fsp3) is 0.385. The Bertz CT molecular complexity index is 796. The molecule has 8 N–H and O–H groups in total. The zero-order valence-electron chi connectivity index (χ0n) is 13.8. The monoisotopic (exact) mass is 376 g/mol. The summed E-state index contributed by atoms with van der Waals surface area (Å²) in [6.07, 6.45) is -1.39. The molecule has 0 radical (unpaired) electrons. The molecular weight excluding hydrogens is 356 g/mol. The minimum atomic E-state index is -5.19. The van der Waals surface area contributed by atoms with Crippen molar-refractivity contribution in [1.82, 2.24) is 5.43 Å². The second-order valence-electron chi connectivity index (χ2n) is 5.00. The quantitative estimate of drug-likeness (QED) is 0.0951. The topological polar surface area (TPSA) is 197 Å². The van der Waals surface area contributed by atoms with Crippen molar-refractivity contribution in [3.63, 3.8) is 0 Å². The molecule has 25 heavy (non-hydrogen) atoms. The van der Waals surface area contributed by atoms with Gasteiger partial charge in [0.25, 0.3) is 10.1 Å². The van der Waals surface area contributed by atoms with E-state index in [4.69, 9.17) is 22.0 Å². The van der Waals surface area contributed by atoms with E-state index in [0.29, 0.717) is 0 Å². The largest absolute Gasteiger partial charge is 0.465 e. The van der Waals surface area contributed by atoms with Crippen molar-refractivity contribution in [2.45, 2.75) is 18.0 Å². The summed E-state index contributed by atoms with van der Waals surface area (Å²) < 4.78 is 43.3. The zero-order chi connectivity index (χ0) is 19.6. The van der Waals surface area contributed by atoms with Crippen LogP contribution in [0.15, 0.2) is 12.1 Å². The number of hydrogen-bond donors (Lipinski definition) is 5. The molecular formula is C13H20N4O7S. The molecule has 0 saturated heterocycles. The first-order valence-electron chi connectivity index (χ1n) is 6.74. The number of methoxy groups -OCH3 is 2. The summed E-state index contributed by atoms with van der Waals surface area (Å²) in [6, 6.07) is 2.36. The lowest BCUT2D eigenvalue weighted by Crippen LogP contribution is -2.58. The molecule has 2 unspecified atom stereocenters. The van der Waals surface area contributed by atoms with Crippen LogP contribution in [0.1, 0.15) is 34.6 Å². The summed E-state index contributed by atoms with van der Waals surface area (Å²) in [5.74, 6) is 3.29. The van der Waals surface area contributed by atoms with Crippen LogP contribution >= 0.6 is 0 Å². The first-order chi connectivity index (χ1) is 11.5. The van der Waals surface area contributed by atoms with Gasteiger partial charge >= 0.3 is 5.97 Å². The van der Waals surface area contributed by atoms with Gasteiger partial charge in [0, 0.05) is 23.9 Å². The summed E-state index contributed by atoms with van der Waals surface area (Å²) >= 11 is 0. The molecule has 0 saturated carbocycles. The Hall–Kier alpha value is -2.09. The highest BCUT2D eigenvalue weighted by molar-refractivity contribution is 7.87. The highest BCUT2D eigenvalue weighted by Crippen LogP contribution is 2.38. The Kier molecular flexibility index (Phi) is 6.23. The maximum atomic E-state index is 12.2. The molecule has 0 amide bonds. The molecule has 0 aliphatic rings. The van der Waals surface area contributed by atoms with Crippen LogP contribution < -0.4 is 22.7 Å². The predicted molar refractivity (Wildman–Crippen MR) is 87.4 cm³/mol. The van der Waals surface area contributed by atoms with Gasteiger partial charge in [-0.3, -0.25) is 15.2 Å². The SMILES string of the molecule is COC(=O)c1ccc(N)c(C(NN)(C(C)=O)S(=O)(=O)O)c1C(N)OC. The summed E-state index contributed by atoms with van der Waals surface area (Å²) in [5, 5.41) is 0.